The van der Waals surface area contributed by atoms with Gasteiger partial charge in [0.2, 0.25) is 5.91 Å². The molecule has 5 nitrogen and oxygen atoms in total. The largest absolute Gasteiger partial charge is 0.355 e. The Morgan fingerprint density at radius 2 is 2.27 bits per heavy atom. The topological polar surface area (TPSA) is 59.8 Å². The van der Waals surface area contributed by atoms with Crippen molar-refractivity contribution in [2.45, 2.75) is 56.1 Å². The van der Waals surface area contributed by atoms with Gasteiger partial charge in [-0.2, -0.15) is 0 Å². The molecule has 0 atom stereocenters. The maximum absolute atomic E-state index is 12.2. The van der Waals surface area contributed by atoms with Crippen molar-refractivity contribution in [3.63, 3.8) is 0 Å². The number of rotatable bonds is 8. The fraction of sp³-hybridized carbons (Fsp3) is 0.526. The van der Waals surface area contributed by atoms with Crippen molar-refractivity contribution in [2.24, 2.45) is 0 Å². The first-order valence-electron chi connectivity index (χ1n) is 9.37. The van der Waals surface area contributed by atoms with Crippen molar-refractivity contribution in [2.75, 3.05) is 12.3 Å². The van der Waals surface area contributed by atoms with Crippen molar-refractivity contribution in [3.05, 3.63) is 29.2 Å². The van der Waals surface area contributed by atoms with Crippen molar-refractivity contribution in [1.82, 2.24) is 20.1 Å². The highest BCUT2D eigenvalue weighted by atomic mass is 32.2. The summed E-state index contributed by atoms with van der Waals surface area (Å²) in [6, 6.07) is 4.61. The number of aromatic nitrogens is 3. The zero-order valence-corrected chi connectivity index (χ0v) is 16.5. The van der Waals surface area contributed by atoms with Gasteiger partial charge in [-0.05, 0) is 56.4 Å². The standard InChI is InChI=1S/C19H24N4OS2/c24-17(20-11-10-14-5-2-1-3-6-14)13-26-19-22-21-18(16-7-4-12-25-16)23(19)15-8-9-15/h4-5,7,12,15H,1-3,6,8-11,13H2,(H,20,24). The molecule has 4 rings (SSSR count). The Bertz CT molecular complexity index is 778. The zero-order valence-electron chi connectivity index (χ0n) is 14.8. The van der Waals surface area contributed by atoms with Crippen LogP contribution in [-0.4, -0.2) is 33.0 Å². The van der Waals surface area contributed by atoms with E-state index in [0.717, 1.165) is 28.8 Å². The molecule has 2 aliphatic rings. The van der Waals surface area contributed by atoms with Gasteiger partial charge >= 0.3 is 0 Å². The molecule has 1 saturated carbocycles. The quantitative estimate of drug-likeness (QED) is 0.536. The third kappa shape index (κ3) is 4.38. The average molecular weight is 389 g/mol. The molecule has 1 amide bonds. The summed E-state index contributed by atoms with van der Waals surface area (Å²) in [5.41, 5.74) is 1.50. The fourth-order valence-corrected chi connectivity index (χ4v) is 4.83. The lowest BCUT2D eigenvalue weighted by Gasteiger charge is -2.13. The van der Waals surface area contributed by atoms with Crippen LogP contribution < -0.4 is 5.32 Å². The van der Waals surface area contributed by atoms with Gasteiger partial charge in [0, 0.05) is 12.6 Å². The summed E-state index contributed by atoms with van der Waals surface area (Å²) < 4.78 is 2.22. The van der Waals surface area contributed by atoms with E-state index in [1.165, 1.54) is 55.9 Å². The first kappa shape index (κ1) is 17.8. The molecule has 1 N–H and O–H groups in total. The predicted molar refractivity (Wildman–Crippen MR) is 107 cm³/mol. The second-order valence-corrected chi connectivity index (χ2v) is 8.77. The Kier molecular flexibility index (Phi) is 5.75. The normalized spacial score (nSPS) is 17.2. The monoisotopic (exact) mass is 388 g/mol. The van der Waals surface area contributed by atoms with E-state index < -0.39 is 0 Å². The molecule has 138 valence electrons. The van der Waals surface area contributed by atoms with E-state index in [1.54, 1.807) is 11.3 Å². The van der Waals surface area contributed by atoms with Crippen LogP contribution in [0.5, 0.6) is 0 Å². The Morgan fingerprint density at radius 1 is 1.35 bits per heavy atom. The van der Waals surface area contributed by atoms with Gasteiger partial charge in [0.25, 0.3) is 0 Å². The maximum Gasteiger partial charge on any atom is 0.230 e. The third-order valence-corrected chi connectivity index (χ3v) is 6.61. The van der Waals surface area contributed by atoms with E-state index >= 15 is 0 Å². The number of thioether (sulfide) groups is 1. The lowest BCUT2D eigenvalue weighted by atomic mass is 9.97. The minimum absolute atomic E-state index is 0.0782. The summed E-state index contributed by atoms with van der Waals surface area (Å²) >= 11 is 3.18. The van der Waals surface area contributed by atoms with Crippen LogP contribution in [0.15, 0.2) is 34.3 Å². The van der Waals surface area contributed by atoms with Gasteiger partial charge in [-0.1, -0.05) is 29.5 Å². The highest BCUT2D eigenvalue weighted by molar-refractivity contribution is 7.99. The molecule has 1 fully saturated rings. The van der Waals surface area contributed by atoms with Crippen LogP contribution in [-0.2, 0) is 4.79 Å². The molecule has 2 aliphatic carbocycles. The summed E-state index contributed by atoms with van der Waals surface area (Å²) in [5.74, 6) is 1.41. The number of allylic oxidation sites excluding steroid dienone is 1. The van der Waals surface area contributed by atoms with Crippen LogP contribution in [0.25, 0.3) is 10.7 Å². The van der Waals surface area contributed by atoms with E-state index in [9.17, 15) is 4.79 Å². The molecule has 2 heterocycles. The molecule has 2 aromatic heterocycles. The second-order valence-electron chi connectivity index (χ2n) is 6.88. The molecule has 0 radical (unpaired) electrons. The highest BCUT2D eigenvalue weighted by Gasteiger charge is 2.30. The van der Waals surface area contributed by atoms with E-state index in [-0.39, 0.29) is 5.91 Å². The Morgan fingerprint density at radius 3 is 3.00 bits per heavy atom. The molecule has 0 bridgehead atoms. The number of nitrogens with zero attached hydrogens (tertiary/aromatic N) is 3. The molecule has 7 heteroatoms. The van der Waals surface area contributed by atoms with Gasteiger partial charge in [-0.3, -0.25) is 9.36 Å². The summed E-state index contributed by atoms with van der Waals surface area (Å²) in [6.07, 6.45) is 10.7. The van der Waals surface area contributed by atoms with Crippen LogP contribution in [0.3, 0.4) is 0 Å². The molecule has 0 unspecified atom stereocenters. The summed E-state index contributed by atoms with van der Waals surface area (Å²) in [6.45, 7) is 0.737. The first-order valence-corrected chi connectivity index (χ1v) is 11.2. The molecular weight excluding hydrogens is 364 g/mol. The van der Waals surface area contributed by atoms with Crippen LogP contribution in [0.2, 0.25) is 0 Å². The van der Waals surface area contributed by atoms with Crippen LogP contribution in [0, 0.1) is 0 Å². The van der Waals surface area contributed by atoms with Gasteiger partial charge in [-0.15, -0.1) is 21.5 Å². The predicted octanol–water partition coefficient (Wildman–Crippen LogP) is 4.44. The SMILES string of the molecule is O=C(CSc1nnc(-c2cccs2)n1C1CC1)NCCC1=CCCCC1. The van der Waals surface area contributed by atoms with Crippen LogP contribution >= 0.6 is 23.1 Å². The number of amides is 1. The third-order valence-electron chi connectivity index (χ3n) is 4.80. The maximum atomic E-state index is 12.2. The van der Waals surface area contributed by atoms with Gasteiger partial charge in [0.15, 0.2) is 11.0 Å². The minimum atomic E-state index is 0.0782. The van der Waals surface area contributed by atoms with Crippen molar-refractivity contribution < 1.29 is 4.79 Å². The van der Waals surface area contributed by atoms with Gasteiger partial charge in [0.1, 0.15) is 0 Å². The molecule has 0 saturated heterocycles. The first-order chi connectivity index (χ1) is 12.8. The van der Waals surface area contributed by atoms with E-state index in [2.05, 4.69) is 37.6 Å². The molecular formula is C19H24N4OS2. The molecule has 0 aliphatic heterocycles. The Hall–Kier alpha value is -1.60. The minimum Gasteiger partial charge on any atom is -0.355 e. The average Bonchev–Trinajstić information content (AvgIpc) is 3.19. The number of hydrogen-bond acceptors (Lipinski definition) is 5. The zero-order chi connectivity index (χ0) is 17.8. The van der Waals surface area contributed by atoms with E-state index in [1.807, 2.05) is 6.07 Å². The Balaban J connectivity index is 1.30. The van der Waals surface area contributed by atoms with Crippen LogP contribution in [0.1, 0.15) is 51.0 Å². The van der Waals surface area contributed by atoms with E-state index in [0.29, 0.717) is 11.8 Å². The van der Waals surface area contributed by atoms with Gasteiger partial charge in [-0.25, -0.2) is 0 Å². The number of hydrogen-bond donors (Lipinski definition) is 1. The highest BCUT2D eigenvalue weighted by Crippen LogP contribution is 2.41. The second kappa shape index (κ2) is 8.39. The van der Waals surface area contributed by atoms with Crippen molar-refractivity contribution >= 4 is 29.0 Å². The number of nitrogens with one attached hydrogen (secondary N) is 1. The Labute approximate surface area is 162 Å². The fourth-order valence-electron chi connectivity index (χ4n) is 3.29. The number of carbonyl (C=O) groups excluding carboxylic acids is 1. The smallest absolute Gasteiger partial charge is 0.230 e. The molecule has 0 aromatic carbocycles. The van der Waals surface area contributed by atoms with Crippen molar-refractivity contribution in [1.29, 1.82) is 0 Å². The summed E-state index contributed by atoms with van der Waals surface area (Å²) in [4.78, 5) is 13.3. The van der Waals surface area contributed by atoms with E-state index in [4.69, 9.17) is 0 Å². The number of thiophene rings is 1. The lowest BCUT2D eigenvalue weighted by Crippen LogP contribution is -2.26. The molecule has 26 heavy (non-hydrogen) atoms. The van der Waals surface area contributed by atoms with Gasteiger partial charge in [0.05, 0.1) is 10.6 Å². The summed E-state index contributed by atoms with van der Waals surface area (Å²) in [5, 5.41) is 14.7. The van der Waals surface area contributed by atoms with Crippen LogP contribution in [0.4, 0.5) is 0 Å². The van der Waals surface area contributed by atoms with Gasteiger partial charge < -0.3 is 5.32 Å². The summed E-state index contributed by atoms with van der Waals surface area (Å²) in [7, 11) is 0. The number of carbonyl (C=O) groups is 1. The molecule has 0 spiro atoms. The lowest BCUT2D eigenvalue weighted by molar-refractivity contribution is -0.118. The molecule has 2 aromatic rings. The van der Waals surface area contributed by atoms with Crippen molar-refractivity contribution in [3.8, 4) is 10.7 Å².